The first kappa shape index (κ1) is 28.0. The van der Waals surface area contributed by atoms with E-state index in [0.717, 1.165) is 68.5 Å². The lowest BCUT2D eigenvalue weighted by molar-refractivity contribution is 0.589. The number of anilines is 1. The van der Waals surface area contributed by atoms with Gasteiger partial charge in [-0.1, -0.05) is 28.1 Å². The maximum absolute atomic E-state index is 12.2. The molecule has 0 radical (unpaired) electrons. The second kappa shape index (κ2) is 11.4. The first-order valence-electron chi connectivity index (χ1n) is 14.3. The number of aromatic nitrogens is 6. The number of pyridine rings is 2. The molecule has 1 aliphatic rings. The predicted molar refractivity (Wildman–Crippen MR) is 186 cm³/mol. The van der Waals surface area contributed by atoms with Gasteiger partial charge in [-0.15, -0.1) is 22.7 Å². The van der Waals surface area contributed by atoms with Crippen LogP contribution in [0.4, 0.5) is 5.69 Å². The minimum Gasteiger partial charge on any atom is -0.369 e. The number of nitrogens with zero attached hydrogens (tertiary/aromatic N) is 5. The molecule has 1 saturated heterocycles. The monoisotopic (exact) mass is 696 g/mol. The van der Waals surface area contributed by atoms with E-state index in [0.29, 0.717) is 11.3 Å². The smallest absolute Gasteiger partial charge is 0.348 e. The Bertz CT molecular complexity index is 2440. The molecule has 2 aromatic carbocycles. The average molecular weight is 698 g/mol. The van der Waals surface area contributed by atoms with Crippen LogP contribution in [0.2, 0.25) is 0 Å². The number of thiophene rings is 2. The van der Waals surface area contributed by atoms with Gasteiger partial charge in [0.05, 0.1) is 11.0 Å². The van der Waals surface area contributed by atoms with E-state index in [1.807, 2.05) is 53.9 Å². The van der Waals surface area contributed by atoms with Crippen molar-refractivity contribution in [2.24, 2.45) is 0 Å². The maximum atomic E-state index is 12.2. The molecule has 0 spiro atoms. The number of H-pyrrole nitrogens is 2. The van der Waals surface area contributed by atoms with Gasteiger partial charge >= 0.3 is 11.4 Å². The van der Waals surface area contributed by atoms with Gasteiger partial charge < -0.3 is 10.2 Å². The van der Waals surface area contributed by atoms with Crippen molar-refractivity contribution in [1.29, 1.82) is 0 Å². The van der Waals surface area contributed by atoms with Crippen molar-refractivity contribution in [2.45, 2.75) is 0 Å². The Kier molecular flexibility index (Phi) is 7.09. The highest BCUT2D eigenvalue weighted by atomic mass is 79.9. The van der Waals surface area contributed by atoms with E-state index in [1.54, 1.807) is 31.5 Å². The van der Waals surface area contributed by atoms with Crippen LogP contribution < -0.4 is 21.6 Å². The Hall–Kier alpha value is -4.56. The summed E-state index contributed by atoms with van der Waals surface area (Å²) in [6, 6.07) is 24.4. The second-order valence-electron chi connectivity index (χ2n) is 10.6. The standard InChI is InChI=1S/C18H17N5OS.C14H8BrN3OS/c24-18-21-20-17-11-14(16-2-1-9-25-16)13-10-12(3-4-15(13)23(17)18)22-7-5-19-6-8-22;15-8-3-4-11-9(6-8)10(12-2-1-5-20-12)7-13-16-17-14(19)18(11)13/h1-4,9-11,19H,5-8H2,(H,21,24);1-7H,(H,17,19). The summed E-state index contributed by atoms with van der Waals surface area (Å²) in [5.41, 5.74) is 6.01. The molecule has 1 fully saturated rings. The van der Waals surface area contributed by atoms with Gasteiger partial charge in [0.1, 0.15) is 0 Å². The average Bonchev–Trinajstić information content (AvgIpc) is 3.90. The van der Waals surface area contributed by atoms with Crippen molar-refractivity contribution in [1.82, 2.24) is 34.5 Å². The number of benzene rings is 2. The minimum atomic E-state index is -0.218. The van der Waals surface area contributed by atoms with E-state index in [4.69, 9.17) is 0 Å². The zero-order valence-corrected chi connectivity index (χ0v) is 26.9. The molecular weight excluding hydrogens is 672 g/mol. The third-order valence-electron chi connectivity index (χ3n) is 8.00. The molecule has 0 amide bonds. The highest BCUT2D eigenvalue weighted by molar-refractivity contribution is 9.10. The number of nitrogens with one attached hydrogen (secondary N) is 3. The molecule has 7 heterocycles. The molecular formula is C32H25BrN8O2S2. The third kappa shape index (κ3) is 4.97. The number of fused-ring (bicyclic) bond motifs is 6. The number of piperazine rings is 1. The van der Waals surface area contributed by atoms with Gasteiger partial charge in [0.15, 0.2) is 11.3 Å². The summed E-state index contributed by atoms with van der Waals surface area (Å²) in [6.45, 7) is 3.98. The molecule has 8 aromatic rings. The van der Waals surface area contributed by atoms with Crippen LogP contribution in [0.15, 0.2) is 97.6 Å². The van der Waals surface area contributed by atoms with Crippen LogP contribution in [0.1, 0.15) is 0 Å². The predicted octanol–water partition coefficient (Wildman–Crippen LogP) is 5.98. The molecule has 0 atom stereocenters. The summed E-state index contributed by atoms with van der Waals surface area (Å²) in [5, 5.41) is 22.9. The number of hydrogen-bond donors (Lipinski definition) is 3. The van der Waals surface area contributed by atoms with E-state index in [1.165, 1.54) is 10.6 Å². The van der Waals surface area contributed by atoms with Crippen LogP contribution >= 0.6 is 38.6 Å². The first-order valence-corrected chi connectivity index (χ1v) is 16.9. The lowest BCUT2D eigenvalue weighted by Gasteiger charge is -2.29. The zero-order valence-electron chi connectivity index (χ0n) is 23.7. The topological polar surface area (TPSA) is 116 Å². The molecule has 45 heavy (non-hydrogen) atoms. The summed E-state index contributed by atoms with van der Waals surface area (Å²) in [5.74, 6) is 0. The highest BCUT2D eigenvalue weighted by Crippen LogP contribution is 2.35. The summed E-state index contributed by atoms with van der Waals surface area (Å²) < 4.78 is 4.23. The largest absolute Gasteiger partial charge is 0.369 e. The fourth-order valence-corrected chi connectivity index (χ4v) is 7.81. The number of rotatable bonds is 3. The number of hydrogen-bond acceptors (Lipinski definition) is 8. The van der Waals surface area contributed by atoms with E-state index in [2.05, 4.69) is 76.2 Å². The Balaban J connectivity index is 0.000000137. The van der Waals surface area contributed by atoms with Crippen LogP contribution in [-0.4, -0.2) is 55.4 Å². The molecule has 13 heteroatoms. The van der Waals surface area contributed by atoms with E-state index >= 15 is 0 Å². The van der Waals surface area contributed by atoms with Crippen molar-refractivity contribution < 1.29 is 0 Å². The van der Waals surface area contributed by atoms with Crippen LogP contribution in [0.3, 0.4) is 0 Å². The molecule has 3 N–H and O–H groups in total. The van der Waals surface area contributed by atoms with Crippen molar-refractivity contribution >= 4 is 77.4 Å². The van der Waals surface area contributed by atoms with Gasteiger partial charge in [-0.05, 0) is 71.4 Å². The lowest BCUT2D eigenvalue weighted by atomic mass is 10.1. The van der Waals surface area contributed by atoms with Crippen LogP contribution in [-0.2, 0) is 0 Å². The fourth-order valence-electron chi connectivity index (χ4n) is 5.94. The van der Waals surface area contributed by atoms with Crippen molar-refractivity contribution in [3.63, 3.8) is 0 Å². The molecule has 9 rings (SSSR count). The van der Waals surface area contributed by atoms with E-state index in [-0.39, 0.29) is 11.4 Å². The highest BCUT2D eigenvalue weighted by Gasteiger charge is 2.16. The van der Waals surface area contributed by atoms with Crippen molar-refractivity contribution in [3.8, 4) is 20.9 Å². The normalized spacial score (nSPS) is 13.6. The maximum Gasteiger partial charge on any atom is 0.348 e. The van der Waals surface area contributed by atoms with Gasteiger partial charge in [-0.3, -0.25) is 0 Å². The Morgan fingerprint density at radius 1 is 0.689 bits per heavy atom. The Labute approximate surface area is 271 Å². The molecule has 6 aromatic heterocycles. The van der Waals surface area contributed by atoms with Gasteiger partial charge in [0.2, 0.25) is 0 Å². The summed E-state index contributed by atoms with van der Waals surface area (Å²) in [4.78, 5) is 28.8. The molecule has 1 aliphatic heterocycles. The van der Waals surface area contributed by atoms with Crippen molar-refractivity contribution in [3.05, 3.63) is 109 Å². The van der Waals surface area contributed by atoms with Crippen LogP contribution in [0.25, 0.3) is 54.0 Å². The lowest BCUT2D eigenvalue weighted by Crippen LogP contribution is -2.43. The fraction of sp³-hybridized carbons (Fsp3) is 0.125. The molecule has 0 bridgehead atoms. The molecule has 0 unspecified atom stereocenters. The third-order valence-corrected chi connectivity index (χ3v) is 10.3. The summed E-state index contributed by atoms with van der Waals surface area (Å²) >= 11 is 6.87. The zero-order chi connectivity index (χ0) is 30.5. The first-order chi connectivity index (χ1) is 22.0. The molecule has 0 aliphatic carbocycles. The number of halogens is 1. The number of aromatic amines is 2. The van der Waals surface area contributed by atoms with Gasteiger partial charge in [0.25, 0.3) is 0 Å². The Morgan fingerprint density at radius 2 is 1.24 bits per heavy atom. The van der Waals surface area contributed by atoms with Gasteiger partial charge in [0, 0.05) is 68.0 Å². The summed E-state index contributed by atoms with van der Waals surface area (Å²) in [6.07, 6.45) is 0. The SMILES string of the molecule is O=c1[nH]nc2cc(-c3cccs3)c3cc(Br)ccc3n12.O=c1[nH]nc2cc(-c3cccs3)c3cc(N4CCNCC4)ccc3n12. The molecule has 0 saturated carbocycles. The van der Waals surface area contributed by atoms with Gasteiger partial charge in [-0.25, -0.2) is 28.6 Å². The second-order valence-corrected chi connectivity index (χ2v) is 13.4. The Morgan fingerprint density at radius 3 is 1.80 bits per heavy atom. The van der Waals surface area contributed by atoms with E-state index in [9.17, 15) is 9.59 Å². The van der Waals surface area contributed by atoms with E-state index < -0.39 is 0 Å². The minimum absolute atomic E-state index is 0.201. The summed E-state index contributed by atoms with van der Waals surface area (Å²) in [7, 11) is 0. The quantitative estimate of drug-likeness (QED) is 0.209. The van der Waals surface area contributed by atoms with Crippen LogP contribution in [0, 0.1) is 0 Å². The van der Waals surface area contributed by atoms with Crippen LogP contribution in [0.5, 0.6) is 0 Å². The molecule has 10 nitrogen and oxygen atoms in total. The van der Waals surface area contributed by atoms with Crippen molar-refractivity contribution in [2.75, 3.05) is 31.1 Å². The molecule has 224 valence electrons. The van der Waals surface area contributed by atoms with Gasteiger partial charge in [-0.2, -0.15) is 10.2 Å².